The van der Waals surface area contributed by atoms with Crippen LogP contribution in [0.5, 0.6) is 0 Å². The summed E-state index contributed by atoms with van der Waals surface area (Å²) in [5, 5.41) is 0. The molecule has 0 N–H and O–H groups in total. The zero-order chi connectivity index (χ0) is 16.6. The van der Waals surface area contributed by atoms with Gasteiger partial charge in [-0.15, -0.1) is 0 Å². The summed E-state index contributed by atoms with van der Waals surface area (Å²) in [6.45, 7) is 1.05. The number of likely N-dealkylation sites (tertiary alicyclic amines) is 3. The van der Waals surface area contributed by atoms with Gasteiger partial charge < -0.3 is 9.80 Å². The number of hydrogen-bond acceptors (Lipinski definition) is 4. The van der Waals surface area contributed by atoms with Crippen LogP contribution in [-0.2, 0) is 19.2 Å². The smallest absolute Gasteiger partial charge is 0.242 e. The minimum atomic E-state index is -0.252. The molecule has 0 spiro atoms. The molecular weight excluding hydrogens is 298 g/mol. The van der Waals surface area contributed by atoms with E-state index in [4.69, 9.17) is 0 Å². The number of carbonyl (C=O) groups excluding carboxylic acids is 4. The summed E-state index contributed by atoms with van der Waals surface area (Å²) in [4.78, 5) is 52.4. The van der Waals surface area contributed by atoms with Crippen molar-refractivity contribution in [3.05, 3.63) is 0 Å². The lowest BCUT2D eigenvalue weighted by molar-refractivity contribution is -0.147. The molecule has 23 heavy (non-hydrogen) atoms. The number of nitrogens with zero attached hydrogens (tertiary/aromatic N) is 3. The molecule has 4 amide bonds. The van der Waals surface area contributed by atoms with E-state index in [9.17, 15) is 19.2 Å². The molecule has 3 saturated heterocycles. The third-order valence-corrected chi connectivity index (χ3v) is 5.35. The number of rotatable bonds is 2. The van der Waals surface area contributed by atoms with E-state index in [0.29, 0.717) is 19.5 Å². The van der Waals surface area contributed by atoms with E-state index in [1.807, 2.05) is 11.9 Å². The minimum absolute atomic E-state index is 0.135. The first kappa shape index (κ1) is 16.0. The molecule has 7 heteroatoms. The first-order valence-electron chi connectivity index (χ1n) is 8.34. The van der Waals surface area contributed by atoms with Crippen molar-refractivity contribution in [2.24, 2.45) is 5.92 Å². The van der Waals surface area contributed by atoms with Crippen LogP contribution in [0.25, 0.3) is 0 Å². The molecule has 3 heterocycles. The van der Waals surface area contributed by atoms with Gasteiger partial charge in [-0.25, -0.2) is 0 Å². The summed E-state index contributed by atoms with van der Waals surface area (Å²) in [6.07, 6.45) is 3.56. The van der Waals surface area contributed by atoms with Gasteiger partial charge in [0.05, 0.1) is 0 Å². The first-order chi connectivity index (χ1) is 11.0. The Morgan fingerprint density at radius 2 is 1.74 bits per heavy atom. The highest BCUT2D eigenvalue weighted by Gasteiger charge is 2.38. The third kappa shape index (κ3) is 3.09. The van der Waals surface area contributed by atoms with Crippen molar-refractivity contribution < 1.29 is 19.2 Å². The zero-order valence-electron chi connectivity index (χ0n) is 13.5. The summed E-state index contributed by atoms with van der Waals surface area (Å²) in [5.74, 6) is -0.194. The number of fused-ring (bicyclic) bond motifs is 1. The normalized spacial score (nSPS) is 28.9. The van der Waals surface area contributed by atoms with E-state index in [-0.39, 0.29) is 55.0 Å². The summed E-state index contributed by atoms with van der Waals surface area (Å²) in [5.41, 5.74) is 0. The molecule has 0 aromatic rings. The molecule has 126 valence electrons. The number of amides is 4. The van der Waals surface area contributed by atoms with Crippen LogP contribution in [0.4, 0.5) is 0 Å². The Morgan fingerprint density at radius 1 is 1.04 bits per heavy atom. The summed E-state index contributed by atoms with van der Waals surface area (Å²) in [6, 6.07) is 0.198. The largest absolute Gasteiger partial charge is 0.342 e. The van der Waals surface area contributed by atoms with Crippen molar-refractivity contribution in [1.82, 2.24) is 14.7 Å². The highest BCUT2D eigenvalue weighted by Crippen LogP contribution is 2.29. The Bertz CT molecular complexity index is 531. The Hall–Kier alpha value is -1.92. The van der Waals surface area contributed by atoms with Crippen LogP contribution in [0.3, 0.4) is 0 Å². The van der Waals surface area contributed by atoms with E-state index in [1.54, 1.807) is 4.90 Å². The molecule has 0 bridgehead atoms. The van der Waals surface area contributed by atoms with Gasteiger partial charge in [-0.1, -0.05) is 0 Å². The molecule has 7 nitrogen and oxygen atoms in total. The van der Waals surface area contributed by atoms with E-state index in [1.165, 1.54) is 0 Å². The van der Waals surface area contributed by atoms with Gasteiger partial charge in [-0.05, 0) is 25.2 Å². The molecule has 3 fully saturated rings. The second-order valence-corrected chi connectivity index (χ2v) is 6.73. The van der Waals surface area contributed by atoms with Gasteiger partial charge in [0.25, 0.3) is 0 Å². The van der Waals surface area contributed by atoms with Crippen LogP contribution in [-0.4, -0.2) is 71.1 Å². The average molecular weight is 321 g/mol. The number of hydrogen-bond donors (Lipinski definition) is 0. The molecular formula is C16H23N3O4. The topological polar surface area (TPSA) is 78.0 Å². The third-order valence-electron chi connectivity index (χ3n) is 5.35. The van der Waals surface area contributed by atoms with Crippen LogP contribution in [0, 0.1) is 5.92 Å². The molecule has 0 aromatic carbocycles. The predicted octanol–water partition coefficient (Wildman–Crippen LogP) is -0.00520. The Balaban J connectivity index is 1.62. The van der Waals surface area contributed by atoms with Gasteiger partial charge >= 0.3 is 0 Å². The molecule has 3 rings (SSSR count). The Kier molecular flexibility index (Phi) is 4.37. The fraction of sp³-hybridized carbons (Fsp3) is 0.750. The summed E-state index contributed by atoms with van der Waals surface area (Å²) < 4.78 is 0. The van der Waals surface area contributed by atoms with Crippen molar-refractivity contribution in [3.8, 4) is 0 Å². The summed E-state index contributed by atoms with van der Waals surface area (Å²) >= 11 is 0. The number of imide groups is 1. The van der Waals surface area contributed by atoms with Crippen LogP contribution >= 0.6 is 0 Å². The van der Waals surface area contributed by atoms with Crippen LogP contribution in [0.1, 0.15) is 38.5 Å². The second-order valence-electron chi connectivity index (χ2n) is 6.73. The number of carbonyl (C=O) groups is 4. The van der Waals surface area contributed by atoms with Crippen molar-refractivity contribution >= 4 is 23.6 Å². The Labute approximate surface area is 135 Å². The minimum Gasteiger partial charge on any atom is -0.342 e. The maximum absolute atomic E-state index is 12.5. The SMILES string of the molecule is CN1C(=O)CCC[C@H]2CN(C(=O)CN3C(=O)CCC3=O)CC[C@H]21. The van der Waals surface area contributed by atoms with Gasteiger partial charge in [-0.3, -0.25) is 24.1 Å². The van der Waals surface area contributed by atoms with Crippen molar-refractivity contribution in [1.29, 1.82) is 0 Å². The maximum atomic E-state index is 12.5. The van der Waals surface area contributed by atoms with Gasteiger partial charge in [0.2, 0.25) is 23.6 Å². The molecule has 0 radical (unpaired) electrons. The fourth-order valence-electron chi connectivity index (χ4n) is 3.95. The monoisotopic (exact) mass is 321 g/mol. The van der Waals surface area contributed by atoms with E-state index < -0.39 is 0 Å². The summed E-state index contributed by atoms with van der Waals surface area (Å²) in [7, 11) is 1.85. The fourth-order valence-corrected chi connectivity index (χ4v) is 3.95. The molecule has 0 unspecified atom stereocenters. The lowest BCUT2D eigenvalue weighted by Crippen LogP contribution is -2.53. The predicted molar refractivity (Wildman–Crippen MR) is 81.1 cm³/mol. The lowest BCUT2D eigenvalue weighted by Gasteiger charge is -2.41. The zero-order valence-corrected chi connectivity index (χ0v) is 13.5. The lowest BCUT2D eigenvalue weighted by atomic mass is 9.88. The highest BCUT2D eigenvalue weighted by molar-refractivity contribution is 6.04. The van der Waals surface area contributed by atoms with Gasteiger partial charge in [0.1, 0.15) is 6.54 Å². The standard InChI is InChI=1S/C16H23N3O4/c1-17-12-7-8-18(9-11(12)3-2-4-13(17)20)16(23)10-19-14(21)5-6-15(19)22/h11-12H,2-10H2,1H3/t11-,12+/m0/s1. The van der Waals surface area contributed by atoms with Crippen molar-refractivity contribution in [3.63, 3.8) is 0 Å². The maximum Gasteiger partial charge on any atom is 0.242 e. The van der Waals surface area contributed by atoms with E-state index >= 15 is 0 Å². The Morgan fingerprint density at radius 3 is 2.43 bits per heavy atom. The van der Waals surface area contributed by atoms with Crippen molar-refractivity contribution in [2.45, 2.75) is 44.6 Å². The molecule has 0 aromatic heterocycles. The molecule has 0 aliphatic carbocycles. The van der Waals surface area contributed by atoms with Gasteiger partial charge in [-0.2, -0.15) is 0 Å². The first-order valence-corrected chi connectivity index (χ1v) is 8.34. The van der Waals surface area contributed by atoms with Crippen LogP contribution in [0.15, 0.2) is 0 Å². The van der Waals surface area contributed by atoms with E-state index in [0.717, 1.165) is 24.2 Å². The molecule has 3 aliphatic rings. The quantitative estimate of drug-likeness (QED) is 0.671. The van der Waals surface area contributed by atoms with Crippen molar-refractivity contribution in [2.75, 3.05) is 26.7 Å². The highest BCUT2D eigenvalue weighted by atomic mass is 16.2. The van der Waals surface area contributed by atoms with Gasteiger partial charge in [0, 0.05) is 45.4 Å². The molecule has 0 saturated carbocycles. The molecule has 2 atom stereocenters. The molecule has 3 aliphatic heterocycles. The van der Waals surface area contributed by atoms with E-state index in [2.05, 4.69) is 0 Å². The number of piperidine rings is 1. The average Bonchev–Trinajstić information content (AvgIpc) is 2.77. The van der Waals surface area contributed by atoms with Crippen LogP contribution in [0.2, 0.25) is 0 Å². The second kappa shape index (κ2) is 6.29. The van der Waals surface area contributed by atoms with Gasteiger partial charge in [0.15, 0.2) is 0 Å². The van der Waals surface area contributed by atoms with Crippen LogP contribution < -0.4 is 0 Å².